The van der Waals surface area contributed by atoms with Crippen LogP contribution in [0.1, 0.15) is 28.1 Å². The first-order chi connectivity index (χ1) is 10.3. The standard InChI is InChI=1S/C17H18N2OS/c20-17(18-10-3-4-11-18)15-7-8-16(21-15)19-12-9-13-5-1-2-6-14(13)19/h1-2,5-8H,3-4,9-12H2. The van der Waals surface area contributed by atoms with Crippen LogP contribution in [0.4, 0.5) is 10.7 Å². The highest BCUT2D eigenvalue weighted by Gasteiger charge is 2.24. The van der Waals surface area contributed by atoms with E-state index in [2.05, 4.69) is 35.2 Å². The fourth-order valence-electron chi connectivity index (χ4n) is 3.23. The number of fused-ring (bicyclic) bond motifs is 1. The molecule has 21 heavy (non-hydrogen) atoms. The maximum Gasteiger partial charge on any atom is 0.263 e. The van der Waals surface area contributed by atoms with E-state index in [1.165, 1.54) is 16.3 Å². The number of rotatable bonds is 2. The number of para-hydroxylation sites is 1. The smallest absolute Gasteiger partial charge is 0.263 e. The molecule has 2 aliphatic rings. The van der Waals surface area contributed by atoms with Gasteiger partial charge >= 0.3 is 0 Å². The van der Waals surface area contributed by atoms with Gasteiger partial charge in [-0.25, -0.2) is 0 Å². The van der Waals surface area contributed by atoms with Crippen LogP contribution in [0.25, 0.3) is 0 Å². The van der Waals surface area contributed by atoms with Crippen molar-refractivity contribution in [3.63, 3.8) is 0 Å². The lowest BCUT2D eigenvalue weighted by Gasteiger charge is -2.17. The van der Waals surface area contributed by atoms with Crippen molar-refractivity contribution in [2.45, 2.75) is 19.3 Å². The van der Waals surface area contributed by atoms with Crippen LogP contribution in [0.5, 0.6) is 0 Å². The highest BCUT2D eigenvalue weighted by Crippen LogP contribution is 2.38. The highest BCUT2D eigenvalue weighted by molar-refractivity contribution is 7.18. The summed E-state index contributed by atoms with van der Waals surface area (Å²) < 4.78 is 0. The fourth-order valence-corrected chi connectivity index (χ4v) is 4.24. The maximum absolute atomic E-state index is 12.4. The zero-order valence-electron chi connectivity index (χ0n) is 11.9. The van der Waals surface area contributed by atoms with Crippen molar-refractivity contribution in [1.29, 1.82) is 0 Å². The van der Waals surface area contributed by atoms with Crippen molar-refractivity contribution in [3.8, 4) is 0 Å². The monoisotopic (exact) mass is 298 g/mol. The van der Waals surface area contributed by atoms with Crippen molar-refractivity contribution in [2.24, 2.45) is 0 Å². The Morgan fingerprint density at radius 1 is 1.00 bits per heavy atom. The molecule has 3 heterocycles. The fraction of sp³-hybridized carbons (Fsp3) is 0.353. The predicted octanol–water partition coefficient (Wildman–Crippen LogP) is 3.68. The van der Waals surface area contributed by atoms with Crippen molar-refractivity contribution in [3.05, 3.63) is 46.8 Å². The quantitative estimate of drug-likeness (QED) is 0.844. The van der Waals surface area contributed by atoms with E-state index in [1.807, 2.05) is 11.0 Å². The molecule has 1 saturated heterocycles. The van der Waals surface area contributed by atoms with E-state index in [-0.39, 0.29) is 5.91 Å². The lowest BCUT2D eigenvalue weighted by Crippen LogP contribution is -2.26. The largest absolute Gasteiger partial charge is 0.338 e. The van der Waals surface area contributed by atoms with Crippen LogP contribution in [0.2, 0.25) is 0 Å². The maximum atomic E-state index is 12.4. The van der Waals surface area contributed by atoms with E-state index in [1.54, 1.807) is 11.3 Å². The van der Waals surface area contributed by atoms with Crippen molar-refractivity contribution in [1.82, 2.24) is 4.90 Å². The molecule has 2 aromatic rings. The Balaban J connectivity index is 1.59. The molecular weight excluding hydrogens is 280 g/mol. The average molecular weight is 298 g/mol. The van der Waals surface area contributed by atoms with Crippen molar-refractivity contribution >= 4 is 27.9 Å². The molecule has 0 radical (unpaired) electrons. The molecule has 4 heteroatoms. The van der Waals surface area contributed by atoms with Gasteiger partial charge in [-0.05, 0) is 43.0 Å². The molecule has 0 spiro atoms. The second kappa shape index (κ2) is 5.19. The van der Waals surface area contributed by atoms with Crippen LogP contribution in [0, 0.1) is 0 Å². The van der Waals surface area contributed by atoms with E-state index in [0.717, 1.165) is 43.8 Å². The van der Waals surface area contributed by atoms with Crippen LogP contribution < -0.4 is 4.90 Å². The average Bonchev–Trinajstić information content (AvgIpc) is 3.25. The molecule has 0 unspecified atom stereocenters. The van der Waals surface area contributed by atoms with E-state index in [9.17, 15) is 4.79 Å². The third kappa shape index (κ3) is 2.23. The molecule has 0 atom stereocenters. The Labute approximate surface area is 128 Å². The number of likely N-dealkylation sites (tertiary alicyclic amines) is 1. The van der Waals surface area contributed by atoms with Gasteiger partial charge in [-0.1, -0.05) is 18.2 Å². The number of anilines is 2. The summed E-state index contributed by atoms with van der Waals surface area (Å²) in [5.41, 5.74) is 2.69. The minimum Gasteiger partial charge on any atom is -0.338 e. The van der Waals surface area contributed by atoms with Crippen molar-refractivity contribution in [2.75, 3.05) is 24.5 Å². The normalized spacial score (nSPS) is 17.3. The van der Waals surface area contributed by atoms with Crippen LogP contribution in [0.3, 0.4) is 0 Å². The summed E-state index contributed by atoms with van der Waals surface area (Å²) in [7, 11) is 0. The number of benzene rings is 1. The number of hydrogen-bond donors (Lipinski definition) is 0. The number of nitrogens with zero attached hydrogens (tertiary/aromatic N) is 2. The summed E-state index contributed by atoms with van der Waals surface area (Å²) in [4.78, 5) is 17.6. The first kappa shape index (κ1) is 12.9. The summed E-state index contributed by atoms with van der Waals surface area (Å²) in [5.74, 6) is 0.205. The van der Waals surface area contributed by atoms with E-state index >= 15 is 0 Å². The third-order valence-corrected chi connectivity index (χ3v) is 5.45. The van der Waals surface area contributed by atoms with Gasteiger partial charge in [0.1, 0.15) is 0 Å². The second-order valence-corrected chi connectivity index (χ2v) is 6.73. The summed E-state index contributed by atoms with van der Waals surface area (Å²) in [6, 6.07) is 12.6. The summed E-state index contributed by atoms with van der Waals surface area (Å²) in [5, 5.41) is 1.18. The van der Waals surface area contributed by atoms with Gasteiger partial charge in [0.15, 0.2) is 0 Å². The van der Waals surface area contributed by atoms with Gasteiger partial charge in [-0.2, -0.15) is 0 Å². The molecule has 0 N–H and O–H groups in total. The van der Waals surface area contributed by atoms with Gasteiger partial charge in [0.05, 0.1) is 9.88 Å². The van der Waals surface area contributed by atoms with E-state index in [0.29, 0.717) is 0 Å². The first-order valence-corrected chi connectivity index (χ1v) is 8.39. The van der Waals surface area contributed by atoms with Gasteiger partial charge in [-0.3, -0.25) is 4.79 Å². The molecule has 1 aromatic heterocycles. The Bertz CT molecular complexity index is 673. The van der Waals surface area contributed by atoms with Crippen LogP contribution in [0.15, 0.2) is 36.4 Å². The second-order valence-electron chi connectivity index (χ2n) is 5.67. The summed E-state index contributed by atoms with van der Waals surface area (Å²) in [6.45, 7) is 2.84. The molecule has 1 fully saturated rings. The Kier molecular flexibility index (Phi) is 3.19. The van der Waals surface area contributed by atoms with Gasteiger partial charge < -0.3 is 9.80 Å². The van der Waals surface area contributed by atoms with Crippen molar-refractivity contribution < 1.29 is 4.79 Å². The summed E-state index contributed by atoms with van der Waals surface area (Å²) >= 11 is 1.62. The van der Waals surface area contributed by atoms with Crippen LogP contribution >= 0.6 is 11.3 Å². The van der Waals surface area contributed by atoms with Gasteiger partial charge in [-0.15, -0.1) is 11.3 Å². The highest BCUT2D eigenvalue weighted by atomic mass is 32.1. The molecule has 4 rings (SSSR count). The Morgan fingerprint density at radius 3 is 2.67 bits per heavy atom. The number of amides is 1. The molecule has 1 amide bonds. The number of carbonyl (C=O) groups excluding carboxylic acids is 1. The molecule has 0 saturated carbocycles. The molecule has 0 bridgehead atoms. The molecule has 0 aliphatic carbocycles. The molecule has 2 aliphatic heterocycles. The zero-order valence-corrected chi connectivity index (χ0v) is 12.7. The van der Waals surface area contributed by atoms with Gasteiger partial charge in [0.25, 0.3) is 5.91 Å². The Morgan fingerprint density at radius 2 is 1.81 bits per heavy atom. The number of thiophene rings is 1. The topological polar surface area (TPSA) is 23.6 Å². The molecule has 108 valence electrons. The van der Waals surface area contributed by atoms with Crippen LogP contribution in [-0.4, -0.2) is 30.4 Å². The zero-order chi connectivity index (χ0) is 14.2. The van der Waals surface area contributed by atoms with E-state index < -0.39 is 0 Å². The minimum absolute atomic E-state index is 0.205. The van der Waals surface area contributed by atoms with E-state index in [4.69, 9.17) is 0 Å². The lowest BCUT2D eigenvalue weighted by molar-refractivity contribution is 0.0797. The third-order valence-electron chi connectivity index (χ3n) is 4.35. The SMILES string of the molecule is O=C(c1ccc(N2CCc3ccccc32)s1)N1CCCC1. The number of hydrogen-bond acceptors (Lipinski definition) is 3. The predicted molar refractivity (Wildman–Crippen MR) is 86.6 cm³/mol. The summed E-state index contributed by atoms with van der Waals surface area (Å²) in [6.07, 6.45) is 3.37. The first-order valence-electron chi connectivity index (χ1n) is 7.57. The lowest BCUT2D eigenvalue weighted by atomic mass is 10.2. The van der Waals surface area contributed by atoms with Gasteiger partial charge in [0, 0.05) is 25.3 Å². The van der Waals surface area contributed by atoms with Crippen LogP contribution in [-0.2, 0) is 6.42 Å². The number of carbonyl (C=O) groups is 1. The Hall–Kier alpha value is -1.81. The molecule has 3 nitrogen and oxygen atoms in total. The molecule has 1 aromatic carbocycles. The molecular formula is C17H18N2OS. The van der Waals surface area contributed by atoms with Gasteiger partial charge in [0.2, 0.25) is 0 Å². The minimum atomic E-state index is 0.205.